The van der Waals surface area contributed by atoms with E-state index in [-0.39, 0.29) is 0 Å². The molecule has 1 aliphatic heterocycles. The third-order valence-corrected chi connectivity index (χ3v) is 5.04. The highest BCUT2D eigenvalue weighted by molar-refractivity contribution is 5.46. The SMILES string of the molecule is CCC(C)Nc1ncccc1C1CCCCN1Cc1ccccc1. The number of anilines is 1. The molecule has 0 aliphatic carbocycles. The number of nitrogens with one attached hydrogen (secondary N) is 1. The Morgan fingerprint density at radius 1 is 1.17 bits per heavy atom. The van der Waals surface area contributed by atoms with Crippen LogP contribution in [0.25, 0.3) is 0 Å². The van der Waals surface area contributed by atoms with Crippen LogP contribution in [0.2, 0.25) is 0 Å². The quantitative estimate of drug-likeness (QED) is 0.809. The van der Waals surface area contributed by atoms with E-state index in [0.717, 1.165) is 25.3 Å². The Morgan fingerprint density at radius 2 is 2.00 bits per heavy atom. The molecule has 1 aromatic heterocycles. The Kier molecular flexibility index (Phi) is 5.86. The number of nitrogens with zero attached hydrogens (tertiary/aromatic N) is 2. The molecule has 0 saturated carbocycles. The minimum atomic E-state index is 0.449. The molecule has 1 aromatic carbocycles. The first-order chi connectivity index (χ1) is 11.8. The maximum atomic E-state index is 4.65. The topological polar surface area (TPSA) is 28.2 Å². The molecule has 3 nitrogen and oxygen atoms in total. The van der Waals surface area contributed by atoms with E-state index in [1.807, 2.05) is 6.20 Å². The number of hydrogen-bond acceptors (Lipinski definition) is 3. The van der Waals surface area contributed by atoms with Crippen LogP contribution in [-0.4, -0.2) is 22.5 Å². The molecule has 128 valence electrons. The second-order valence-electron chi connectivity index (χ2n) is 6.86. The molecule has 3 heteroatoms. The zero-order chi connectivity index (χ0) is 16.8. The average molecular weight is 323 g/mol. The highest BCUT2D eigenvalue weighted by Gasteiger charge is 2.26. The van der Waals surface area contributed by atoms with Gasteiger partial charge in [-0.25, -0.2) is 4.98 Å². The van der Waals surface area contributed by atoms with Crippen molar-refractivity contribution in [1.82, 2.24) is 9.88 Å². The lowest BCUT2D eigenvalue weighted by molar-refractivity contribution is 0.140. The zero-order valence-corrected chi connectivity index (χ0v) is 14.9. The molecule has 1 N–H and O–H groups in total. The molecule has 24 heavy (non-hydrogen) atoms. The first kappa shape index (κ1) is 17.0. The lowest BCUT2D eigenvalue weighted by Crippen LogP contribution is -2.33. The lowest BCUT2D eigenvalue weighted by Gasteiger charge is -2.37. The highest BCUT2D eigenvalue weighted by atomic mass is 15.2. The molecule has 0 bridgehead atoms. The van der Waals surface area contributed by atoms with Crippen LogP contribution in [0.1, 0.15) is 56.7 Å². The van der Waals surface area contributed by atoms with Gasteiger partial charge in [-0.05, 0) is 44.4 Å². The van der Waals surface area contributed by atoms with Gasteiger partial charge in [0, 0.05) is 30.4 Å². The van der Waals surface area contributed by atoms with Gasteiger partial charge in [-0.3, -0.25) is 4.90 Å². The van der Waals surface area contributed by atoms with E-state index in [2.05, 4.69) is 71.5 Å². The van der Waals surface area contributed by atoms with Crippen molar-refractivity contribution in [3.63, 3.8) is 0 Å². The van der Waals surface area contributed by atoms with Crippen molar-refractivity contribution in [2.45, 2.75) is 58.2 Å². The summed E-state index contributed by atoms with van der Waals surface area (Å²) >= 11 is 0. The van der Waals surface area contributed by atoms with Crippen LogP contribution in [0, 0.1) is 0 Å². The summed E-state index contributed by atoms with van der Waals surface area (Å²) in [4.78, 5) is 7.27. The summed E-state index contributed by atoms with van der Waals surface area (Å²) in [6, 6.07) is 16.1. The van der Waals surface area contributed by atoms with Gasteiger partial charge in [0.15, 0.2) is 0 Å². The van der Waals surface area contributed by atoms with Crippen molar-refractivity contribution >= 4 is 5.82 Å². The number of aromatic nitrogens is 1. The lowest BCUT2D eigenvalue weighted by atomic mass is 9.94. The van der Waals surface area contributed by atoms with Crippen molar-refractivity contribution in [2.75, 3.05) is 11.9 Å². The van der Waals surface area contributed by atoms with E-state index in [1.54, 1.807) is 0 Å². The summed E-state index contributed by atoms with van der Waals surface area (Å²) in [6.45, 7) is 6.62. The zero-order valence-electron chi connectivity index (χ0n) is 14.9. The summed E-state index contributed by atoms with van der Waals surface area (Å²) < 4.78 is 0. The third kappa shape index (κ3) is 4.15. The van der Waals surface area contributed by atoms with Gasteiger partial charge in [0.25, 0.3) is 0 Å². The van der Waals surface area contributed by atoms with Gasteiger partial charge in [0.2, 0.25) is 0 Å². The van der Waals surface area contributed by atoms with Crippen LogP contribution >= 0.6 is 0 Å². The van der Waals surface area contributed by atoms with Crippen LogP contribution in [0.15, 0.2) is 48.7 Å². The summed E-state index contributed by atoms with van der Waals surface area (Å²) in [7, 11) is 0. The summed E-state index contributed by atoms with van der Waals surface area (Å²) in [6.07, 6.45) is 6.81. The van der Waals surface area contributed by atoms with Crippen molar-refractivity contribution in [2.24, 2.45) is 0 Å². The van der Waals surface area contributed by atoms with Gasteiger partial charge in [-0.1, -0.05) is 49.7 Å². The van der Waals surface area contributed by atoms with Gasteiger partial charge in [0.1, 0.15) is 5.82 Å². The van der Waals surface area contributed by atoms with E-state index in [4.69, 9.17) is 0 Å². The molecule has 2 aromatic rings. The number of pyridine rings is 1. The molecule has 1 fully saturated rings. The molecule has 2 atom stereocenters. The summed E-state index contributed by atoms with van der Waals surface area (Å²) in [5.41, 5.74) is 2.75. The Hall–Kier alpha value is -1.87. The average Bonchev–Trinajstić information content (AvgIpc) is 2.63. The number of rotatable bonds is 6. The molecule has 3 rings (SSSR count). The molecule has 0 radical (unpaired) electrons. The van der Waals surface area contributed by atoms with E-state index in [0.29, 0.717) is 12.1 Å². The maximum Gasteiger partial charge on any atom is 0.130 e. The van der Waals surface area contributed by atoms with E-state index < -0.39 is 0 Å². The predicted octanol–water partition coefficient (Wildman–Crippen LogP) is 5.02. The van der Waals surface area contributed by atoms with Gasteiger partial charge in [0.05, 0.1) is 0 Å². The second-order valence-corrected chi connectivity index (χ2v) is 6.86. The van der Waals surface area contributed by atoms with Crippen molar-refractivity contribution in [3.05, 3.63) is 59.8 Å². The van der Waals surface area contributed by atoms with Crippen molar-refractivity contribution in [3.8, 4) is 0 Å². The number of piperidine rings is 1. The molecule has 0 spiro atoms. The molecule has 1 aliphatic rings. The molecule has 2 unspecified atom stereocenters. The second kappa shape index (κ2) is 8.29. The van der Waals surface area contributed by atoms with Gasteiger partial charge in [-0.15, -0.1) is 0 Å². The van der Waals surface area contributed by atoms with Gasteiger partial charge >= 0.3 is 0 Å². The number of hydrogen-bond donors (Lipinski definition) is 1. The fourth-order valence-corrected chi connectivity index (χ4v) is 3.49. The Balaban J connectivity index is 1.83. The van der Waals surface area contributed by atoms with Crippen LogP contribution in [0.5, 0.6) is 0 Å². The van der Waals surface area contributed by atoms with Crippen molar-refractivity contribution in [1.29, 1.82) is 0 Å². The van der Waals surface area contributed by atoms with E-state index in [1.165, 1.54) is 30.4 Å². The predicted molar refractivity (Wildman–Crippen MR) is 101 cm³/mol. The molecular weight excluding hydrogens is 294 g/mol. The first-order valence-electron chi connectivity index (χ1n) is 9.27. The summed E-state index contributed by atoms with van der Waals surface area (Å²) in [5, 5.41) is 3.60. The van der Waals surface area contributed by atoms with E-state index in [9.17, 15) is 0 Å². The highest BCUT2D eigenvalue weighted by Crippen LogP contribution is 2.35. The largest absolute Gasteiger partial charge is 0.367 e. The Bertz CT molecular complexity index is 626. The van der Waals surface area contributed by atoms with Gasteiger partial charge in [-0.2, -0.15) is 0 Å². The van der Waals surface area contributed by atoms with Gasteiger partial charge < -0.3 is 5.32 Å². The number of benzene rings is 1. The smallest absolute Gasteiger partial charge is 0.130 e. The van der Waals surface area contributed by atoms with Crippen LogP contribution in [0.4, 0.5) is 5.82 Å². The van der Waals surface area contributed by atoms with Crippen LogP contribution in [-0.2, 0) is 6.54 Å². The minimum Gasteiger partial charge on any atom is -0.367 e. The fourth-order valence-electron chi connectivity index (χ4n) is 3.49. The molecule has 2 heterocycles. The monoisotopic (exact) mass is 323 g/mol. The van der Waals surface area contributed by atoms with Crippen molar-refractivity contribution < 1.29 is 0 Å². The van der Waals surface area contributed by atoms with Crippen LogP contribution in [0.3, 0.4) is 0 Å². The first-order valence-corrected chi connectivity index (χ1v) is 9.27. The molecular formula is C21H29N3. The maximum absolute atomic E-state index is 4.65. The summed E-state index contributed by atoms with van der Waals surface area (Å²) in [5.74, 6) is 1.07. The fraction of sp³-hybridized carbons (Fsp3) is 0.476. The molecule has 1 saturated heterocycles. The van der Waals surface area contributed by atoms with Crippen LogP contribution < -0.4 is 5.32 Å². The number of likely N-dealkylation sites (tertiary alicyclic amines) is 1. The molecule has 0 amide bonds. The van der Waals surface area contributed by atoms with E-state index >= 15 is 0 Å². The third-order valence-electron chi connectivity index (χ3n) is 5.04. The Labute approximate surface area is 146 Å². The minimum absolute atomic E-state index is 0.449. The normalized spacial score (nSPS) is 19.8. The standard InChI is InChI=1S/C21H29N3/c1-3-17(2)23-21-19(12-9-14-22-21)20-13-7-8-15-24(20)16-18-10-5-4-6-11-18/h4-6,9-12,14,17,20H,3,7-8,13,15-16H2,1-2H3,(H,22,23). The Morgan fingerprint density at radius 3 is 2.79 bits per heavy atom.